The molecule has 0 unspecified atom stereocenters. The van der Waals surface area contributed by atoms with Gasteiger partial charge in [0.2, 0.25) is 0 Å². The largest absolute Gasteiger partial charge is 0.392 e. The molecule has 4 rings (SSSR count). The van der Waals surface area contributed by atoms with Crippen LogP contribution >= 0.6 is 0 Å². The van der Waals surface area contributed by atoms with Crippen LogP contribution in [0.25, 0.3) is 32.9 Å². The maximum atomic E-state index is 3.38. The quantitative estimate of drug-likeness (QED) is 0.445. The van der Waals surface area contributed by atoms with Crippen molar-refractivity contribution in [2.75, 3.05) is 0 Å². The summed E-state index contributed by atoms with van der Waals surface area (Å²) in [5.74, 6) is 0. The van der Waals surface area contributed by atoms with Crippen LogP contribution in [0.3, 0.4) is 0 Å². The Labute approximate surface area is 149 Å². The van der Waals surface area contributed by atoms with E-state index in [1.54, 1.807) is 0 Å². The van der Waals surface area contributed by atoms with Crippen LogP contribution in [0.5, 0.6) is 0 Å². The van der Waals surface area contributed by atoms with Gasteiger partial charge in [0, 0.05) is 45.3 Å². The number of hydrogen-bond acceptors (Lipinski definition) is 0. The summed E-state index contributed by atoms with van der Waals surface area (Å²) in [7, 11) is 2.12. The van der Waals surface area contributed by atoms with Crippen LogP contribution in [-0.4, -0.2) is 4.57 Å². The monoisotopic (exact) mass is 344 g/mol. The van der Waals surface area contributed by atoms with Crippen LogP contribution in [0, 0.1) is 12.1 Å². The normalized spacial score (nSPS) is 10.7. The molecular weight excluding hydrogens is 331 g/mol. The summed E-state index contributed by atoms with van der Waals surface area (Å²) in [5, 5.41) is 2.56. The van der Waals surface area contributed by atoms with E-state index >= 15 is 0 Å². The first-order chi connectivity index (χ1) is 9.86. The number of rotatable bonds is 1. The van der Waals surface area contributed by atoms with Crippen molar-refractivity contribution in [3.8, 4) is 11.1 Å². The predicted molar refractivity (Wildman–Crippen MR) is 83.5 cm³/mol. The van der Waals surface area contributed by atoms with E-state index in [1.807, 2.05) is 24.3 Å². The smallest absolute Gasteiger partial charge is 0.0382 e. The second-order valence-electron chi connectivity index (χ2n) is 4.97. The molecule has 0 aliphatic rings. The molecule has 0 aliphatic heterocycles. The minimum atomic E-state index is 0. The Bertz CT molecular complexity index is 907. The van der Waals surface area contributed by atoms with Gasteiger partial charge in [-0.05, 0) is 11.5 Å². The van der Waals surface area contributed by atoms with Crippen LogP contribution < -0.4 is 0 Å². The summed E-state index contributed by atoms with van der Waals surface area (Å²) in [4.78, 5) is 0. The molecule has 2 heteroatoms. The molecule has 21 heavy (non-hydrogen) atoms. The van der Waals surface area contributed by atoms with Gasteiger partial charge in [0.25, 0.3) is 0 Å². The molecule has 0 saturated heterocycles. The topological polar surface area (TPSA) is 4.93 Å². The fourth-order valence-corrected chi connectivity index (χ4v) is 2.92. The molecule has 0 amide bonds. The zero-order valence-electron chi connectivity index (χ0n) is 11.8. The van der Waals surface area contributed by atoms with E-state index in [0.717, 1.165) is 11.1 Å². The summed E-state index contributed by atoms with van der Waals surface area (Å²) in [6.07, 6.45) is 0. The molecular formula is C19H13NY-2. The molecule has 0 aliphatic carbocycles. The molecule has 0 bridgehead atoms. The van der Waals surface area contributed by atoms with Gasteiger partial charge in [-0.3, -0.25) is 0 Å². The Morgan fingerprint density at radius 1 is 0.810 bits per heavy atom. The summed E-state index contributed by atoms with van der Waals surface area (Å²) in [5.41, 5.74) is 4.67. The van der Waals surface area contributed by atoms with E-state index in [9.17, 15) is 0 Å². The molecule has 1 radical (unpaired) electrons. The van der Waals surface area contributed by atoms with Crippen molar-refractivity contribution in [3.05, 3.63) is 72.8 Å². The SMILES string of the molecule is Cn1c2ccccc2c2cc[c-]c(-c3[c-]cccc3)c21.[Y]. The van der Waals surface area contributed by atoms with Gasteiger partial charge in [-0.25, -0.2) is 11.1 Å². The van der Waals surface area contributed by atoms with Crippen molar-refractivity contribution in [3.63, 3.8) is 0 Å². The molecule has 99 valence electrons. The maximum Gasteiger partial charge on any atom is 0.0382 e. The molecule has 0 atom stereocenters. The molecule has 1 nitrogen and oxygen atoms in total. The Morgan fingerprint density at radius 2 is 1.62 bits per heavy atom. The van der Waals surface area contributed by atoms with Gasteiger partial charge < -0.3 is 4.57 Å². The van der Waals surface area contributed by atoms with E-state index in [1.165, 1.54) is 21.8 Å². The molecule has 0 spiro atoms. The van der Waals surface area contributed by atoms with Crippen molar-refractivity contribution in [1.82, 2.24) is 4.57 Å². The fourth-order valence-electron chi connectivity index (χ4n) is 2.92. The van der Waals surface area contributed by atoms with E-state index < -0.39 is 0 Å². The Hall–Kier alpha value is -1.44. The number of nitrogens with zero attached hydrogens (tertiary/aromatic N) is 1. The van der Waals surface area contributed by atoms with Gasteiger partial charge in [0.05, 0.1) is 0 Å². The third-order valence-electron chi connectivity index (χ3n) is 3.84. The predicted octanol–water partition coefficient (Wildman–Crippen LogP) is 4.60. The molecule has 1 heterocycles. The summed E-state index contributed by atoms with van der Waals surface area (Å²) in [6.45, 7) is 0. The molecule has 0 saturated carbocycles. The third-order valence-corrected chi connectivity index (χ3v) is 3.84. The van der Waals surface area contributed by atoms with Crippen LogP contribution in [0.2, 0.25) is 0 Å². The molecule has 0 N–H and O–H groups in total. The van der Waals surface area contributed by atoms with Crippen LogP contribution in [0.1, 0.15) is 0 Å². The first-order valence-corrected chi connectivity index (χ1v) is 6.71. The number of hydrogen-bond donors (Lipinski definition) is 0. The van der Waals surface area contributed by atoms with Crippen LogP contribution in [0.15, 0.2) is 60.7 Å². The van der Waals surface area contributed by atoms with Gasteiger partial charge in [0.1, 0.15) is 0 Å². The van der Waals surface area contributed by atoms with Crippen LogP contribution in [0.4, 0.5) is 0 Å². The van der Waals surface area contributed by atoms with Crippen LogP contribution in [-0.2, 0) is 39.8 Å². The molecule has 4 aromatic rings. The second-order valence-corrected chi connectivity index (χ2v) is 4.97. The molecule has 1 aromatic heterocycles. The average Bonchev–Trinajstić information content (AvgIpc) is 2.82. The van der Waals surface area contributed by atoms with Crippen molar-refractivity contribution in [2.45, 2.75) is 0 Å². The zero-order chi connectivity index (χ0) is 13.5. The van der Waals surface area contributed by atoms with Gasteiger partial charge in [-0.2, -0.15) is 36.4 Å². The number of fused-ring (bicyclic) bond motifs is 3. The Balaban J connectivity index is 0.00000132. The van der Waals surface area contributed by atoms with Crippen molar-refractivity contribution < 1.29 is 32.7 Å². The fraction of sp³-hybridized carbons (Fsp3) is 0.0526. The second kappa shape index (κ2) is 5.75. The Morgan fingerprint density at radius 3 is 2.43 bits per heavy atom. The maximum absolute atomic E-state index is 3.38. The van der Waals surface area contributed by atoms with Gasteiger partial charge in [-0.1, -0.05) is 29.1 Å². The number of aryl methyl sites for hydroxylation is 1. The summed E-state index contributed by atoms with van der Waals surface area (Å²) < 4.78 is 2.25. The average molecular weight is 344 g/mol. The molecule has 3 aromatic carbocycles. The minimum Gasteiger partial charge on any atom is -0.392 e. The van der Waals surface area contributed by atoms with Gasteiger partial charge in [0.15, 0.2) is 0 Å². The summed E-state index contributed by atoms with van der Waals surface area (Å²) >= 11 is 0. The van der Waals surface area contributed by atoms with Gasteiger partial charge in [-0.15, -0.1) is 12.1 Å². The first-order valence-electron chi connectivity index (χ1n) is 6.71. The van der Waals surface area contributed by atoms with Crippen molar-refractivity contribution >= 4 is 21.8 Å². The third kappa shape index (κ3) is 2.25. The van der Waals surface area contributed by atoms with Crippen molar-refractivity contribution in [1.29, 1.82) is 0 Å². The number of benzene rings is 3. The standard InChI is InChI=1S/C19H13N.Y/c1-20-18-13-6-5-10-16(18)17-12-7-11-15(19(17)20)14-8-3-2-4-9-14;/h2-8,10,12-13H,1H3;/q-2;. The van der Waals surface area contributed by atoms with E-state index in [2.05, 4.69) is 60.1 Å². The Kier molecular flexibility index (Phi) is 3.97. The summed E-state index contributed by atoms with van der Waals surface area (Å²) in [6, 6.07) is 27.4. The van der Waals surface area contributed by atoms with E-state index in [-0.39, 0.29) is 32.7 Å². The van der Waals surface area contributed by atoms with E-state index in [4.69, 9.17) is 0 Å². The first kappa shape index (κ1) is 14.5. The molecule has 0 fully saturated rings. The number of aromatic nitrogens is 1. The zero-order valence-corrected chi connectivity index (χ0v) is 14.6. The van der Waals surface area contributed by atoms with Gasteiger partial charge >= 0.3 is 0 Å². The van der Waals surface area contributed by atoms with E-state index in [0.29, 0.717) is 0 Å². The number of para-hydroxylation sites is 1. The van der Waals surface area contributed by atoms with Crippen molar-refractivity contribution in [2.24, 2.45) is 7.05 Å². The minimum absolute atomic E-state index is 0.